The van der Waals surface area contributed by atoms with E-state index in [1.165, 1.54) is 0 Å². The number of imidazole rings is 1. The minimum absolute atomic E-state index is 0.00604. The second kappa shape index (κ2) is 8.78. The van der Waals surface area contributed by atoms with Crippen LogP contribution in [0.1, 0.15) is 30.0 Å². The van der Waals surface area contributed by atoms with Crippen molar-refractivity contribution >= 4 is 16.9 Å². The lowest BCUT2D eigenvalue weighted by Crippen LogP contribution is -2.42. The molecule has 2 aromatic carbocycles. The fraction of sp³-hybridized carbons (Fsp3) is 0.364. The number of alkyl halides is 3. The number of nitrogens with one attached hydrogen (secondary N) is 2. The van der Waals surface area contributed by atoms with E-state index < -0.39 is 23.5 Å². The molecule has 1 aromatic heterocycles. The first-order chi connectivity index (χ1) is 15.2. The Balaban J connectivity index is 1.33. The molecule has 0 atom stereocenters. The molecule has 10 heteroatoms. The van der Waals surface area contributed by atoms with E-state index in [1.807, 2.05) is 29.2 Å². The largest absolute Gasteiger partial charge is 0.416 e. The normalized spacial score (nSPS) is 15.9. The summed E-state index contributed by atoms with van der Waals surface area (Å²) in [7, 11) is 0. The summed E-state index contributed by atoms with van der Waals surface area (Å²) in [6.45, 7) is 0.857. The van der Waals surface area contributed by atoms with Gasteiger partial charge in [0, 0.05) is 25.7 Å². The maximum atomic E-state index is 13.2. The molecule has 170 valence electrons. The topological polar surface area (TPSA) is 70.1 Å². The van der Waals surface area contributed by atoms with E-state index in [4.69, 9.17) is 0 Å². The van der Waals surface area contributed by atoms with Gasteiger partial charge in [-0.2, -0.15) is 13.2 Å². The van der Waals surface area contributed by atoms with Crippen molar-refractivity contribution in [3.05, 3.63) is 69.9 Å². The van der Waals surface area contributed by atoms with Crippen molar-refractivity contribution in [1.82, 2.24) is 19.8 Å². The lowest BCUT2D eigenvalue weighted by molar-refractivity contribution is -0.138. The van der Waals surface area contributed by atoms with E-state index in [2.05, 4.69) is 10.3 Å². The Morgan fingerprint density at radius 3 is 2.56 bits per heavy atom. The molecule has 6 nitrogen and oxygen atoms in total. The van der Waals surface area contributed by atoms with Gasteiger partial charge < -0.3 is 10.3 Å². The van der Waals surface area contributed by atoms with Crippen LogP contribution in [0.2, 0.25) is 0 Å². The molecule has 0 radical (unpaired) electrons. The summed E-state index contributed by atoms with van der Waals surface area (Å²) in [6, 6.07) is 9.86. The Hall–Kier alpha value is -3.14. The number of carbonyl (C=O) groups is 1. The molecule has 1 amide bonds. The van der Waals surface area contributed by atoms with Gasteiger partial charge in [0.25, 0.3) is 0 Å². The lowest BCUT2D eigenvalue weighted by atomic mass is 10.0. The molecular weight excluding hydrogens is 428 g/mol. The van der Waals surface area contributed by atoms with Crippen LogP contribution in [-0.2, 0) is 17.5 Å². The van der Waals surface area contributed by atoms with E-state index in [-0.39, 0.29) is 30.4 Å². The number of benzene rings is 2. The van der Waals surface area contributed by atoms with Crippen LogP contribution in [-0.4, -0.2) is 40.0 Å². The first kappa shape index (κ1) is 22.1. The van der Waals surface area contributed by atoms with Crippen molar-refractivity contribution in [1.29, 1.82) is 0 Å². The predicted molar refractivity (Wildman–Crippen MR) is 111 cm³/mol. The fourth-order valence-electron chi connectivity index (χ4n) is 4.19. The Morgan fingerprint density at radius 1 is 1.12 bits per heavy atom. The van der Waals surface area contributed by atoms with Crippen LogP contribution in [0, 0.1) is 5.82 Å². The van der Waals surface area contributed by atoms with Gasteiger partial charge in [-0.3, -0.25) is 14.3 Å². The van der Waals surface area contributed by atoms with Crippen LogP contribution in [0.4, 0.5) is 17.6 Å². The molecule has 0 bridgehead atoms. The van der Waals surface area contributed by atoms with E-state index in [0.717, 1.165) is 23.2 Å². The van der Waals surface area contributed by atoms with Gasteiger partial charge >= 0.3 is 11.9 Å². The van der Waals surface area contributed by atoms with Crippen LogP contribution < -0.4 is 11.0 Å². The predicted octanol–water partition coefficient (Wildman–Crippen LogP) is 3.44. The number of likely N-dealkylation sites (tertiary alicyclic amines) is 1. The molecule has 1 aliphatic heterocycles. The van der Waals surface area contributed by atoms with E-state index in [0.29, 0.717) is 32.0 Å². The molecule has 1 fully saturated rings. The maximum absolute atomic E-state index is 13.2. The van der Waals surface area contributed by atoms with Crippen LogP contribution in [0.15, 0.2) is 47.3 Å². The second-order valence-electron chi connectivity index (χ2n) is 7.90. The summed E-state index contributed by atoms with van der Waals surface area (Å²) in [5.41, 5.74) is 0.168. The van der Waals surface area contributed by atoms with Crippen LogP contribution in [0.25, 0.3) is 11.0 Å². The van der Waals surface area contributed by atoms with E-state index >= 15 is 0 Å². The average Bonchev–Trinajstić information content (AvgIpc) is 3.08. The highest BCUT2D eigenvalue weighted by molar-refractivity contribution is 5.78. The smallest absolute Gasteiger partial charge is 0.351 e. The molecular formula is C22H22F4N4O2. The molecule has 4 rings (SSSR count). The van der Waals surface area contributed by atoms with Crippen LogP contribution >= 0.6 is 0 Å². The van der Waals surface area contributed by atoms with Crippen molar-refractivity contribution in [3.8, 4) is 0 Å². The second-order valence-corrected chi connectivity index (χ2v) is 7.90. The molecule has 3 aromatic rings. The third-order valence-electron chi connectivity index (χ3n) is 5.77. The minimum Gasteiger partial charge on any atom is -0.351 e. The number of para-hydroxylation sites is 2. The SMILES string of the molecule is O=C(CN1CCC(n2c(=O)[nH]c3ccccc32)CC1)NCc1ccc(F)cc1C(F)(F)F. The van der Waals surface area contributed by atoms with Crippen molar-refractivity contribution in [2.24, 2.45) is 0 Å². The van der Waals surface area contributed by atoms with Crippen molar-refractivity contribution in [3.63, 3.8) is 0 Å². The summed E-state index contributed by atoms with van der Waals surface area (Å²) < 4.78 is 54.2. The third kappa shape index (κ3) is 4.69. The molecule has 2 N–H and O–H groups in total. The zero-order valence-electron chi connectivity index (χ0n) is 17.1. The minimum atomic E-state index is -4.70. The summed E-state index contributed by atoms with van der Waals surface area (Å²) in [4.78, 5) is 29.4. The molecule has 0 unspecified atom stereocenters. The molecule has 0 aliphatic carbocycles. The number of hydrogen-bond donors (Lipinski definition) is 2. The highest BCUT2D eigenvalue weighted by atomic mass is 19.4. The number of piperidine rings is 1. The van der Waals surface area contributed by atoms with E-state index in [9.17, 15) is 27.2 Å². The maximum Gasteiger partial charge on any atom is 0.416 e. The van der Waals surface area contributed by atoms with Gasteiger partial charge in [-0.1, -0.05) is 18.2 Å². The molecule has 0 saturated carbocycles. The number of carbonyl (C=O) groups excluding carboxylic acids is 1. The van der Waals surface area contributed by atoms with Gasteiger partial charge in [-0.05, 0) is 42.7 Å². The Labute approximate surface area is 180 Å². The molecule has 0 spiro atoms. The van der Waals surface area contributed by atoms with Crippen LogP contribution in [0.5, 0.6) is 0 Å². The van der Waals surface area contributed by atoms with Gasteiger partial charge in [-0.25, -0.2) is 9.18 Å². The van der Waals surface area contributed by atoms with Crippen LogP contribution in [0.3, 0.4) is 0 Å². The number of aromatic nitrogens is 2. The number of halogens is 4. The standard InChI is InChI=1S/C22H22F4N4O2/c23-15-6-5-14(17(11-15)22(24,25)26)12-27-20(31)13-29-9-7-16(8-10-29)30-19-4-2-1-3-18(19)28-21(30)32/h1-6,11,16H,7-10,12-13H2,(H,27,31)(H,28,32). The summed E-state index contributed by atoms with van der Waals surface area (Å²) >= 11 is 0. The quantitative estimate of drug-likeness (QED) is 0.585. The summed E-state index contributed by atoms with van der Waals surface area (Å²) in [6.07, 6.45) is -3.36. The van der Waals surface area contributed by atoms with Crippen molar-refractivity contribution in [2.45, 2.75) is 31.6 Å². The van der Waals surface area contributed by atoms with Gasteiger partial charge in [0.05, 0.1) is 23.1 Å². The first-order valence-electron chi connectivity index (χ1n) is 10.3. The Bertz CT molecular complexity index is 1180. The average molecular weight is 450 g/mol. The molecule has 32 heavy (non-hydrogen) atoms. The summed E-state index contributed by atoms with van der Waals surface area (Å²) in [5.74, 6) is -1.39. The molecule has 1 aliphatic rings. The van der Waals surface area contributed by atoms with Gasteiger partial charge in [0.15, 0.2) is 0 Å². The Kier molecular flexibility index (Phi) is 6.05. The number of nitrogens with zero attached hydrogens (tertiary/aromatic N) is 2. The molecule has 1 saturated heterocycles. The lowest BCUT2D eigenvalue weighted by Gasteiger charge is -2.32. The fourth-order valence-corrected chi connectivity index (χ4v) is 4.19. The highest BCUT2D eigenvalue weighted by Gasteiger charge is 2.34. The van der Waals surface area contributed by atoms with Gasteiger partial charge in [-0.15, -0.1) is 0 Å². The van der Waals surface area contributed by atoms with Crippen molar-refractivity contribution in [2.75, 3.05) is 19.6 Å². The number of hydrogen-bond acceptors (Lipinski definition) is 3. The van der Waals surface area contributed by atoms with Gasteiger partial charge in [0.2, 0.25) is 5.91 Å². The molecule has 2 heterocycles. The highest BCUT2D eigenvalue weighted by Crippen LogP contribution is 2.32. The number of aromatic amines is 1. The number of fused-ring (bicyclic) bond motifs is 1. The van der Waals surface area contributed by atoms with Crippen molar-refractivity contribution < 1.29 is 22.4 Å². The first-order valence-corrected chi connectivity index (χ1v) is 10.3. The zero-order chi connectivity index (χ0) is 22.9. The third-order valence-corrected chi connectivity index (χ3v) is 5.77. The monoisotopic (exact) mass is 450 g/mol. The number of H-pyrrole nitrogens is 1. The summed E-state index contributed by atoms with van der Waals surface area (Å²) in [5, 5.41) is 2.49. The number of amides is 1. The Morgan fingerprint density at radius 2 is 1.84 bits per heavy atom. The zero-order valence-corrected chi connectivity index (χ0v) is 17.1. The number of rotatable bonds is 5. The van der Waals surface area contributed by atoms with Gasteiger partial charge in [0.1, 0.15) is 5.82 Å². The van der Waals surface area contributed by atoms with E-state index in [1.54, 1.807) is 4.57 Å².